The summed E-state index contributed by atoms with van der Waals surface area (Å²) in [5.41, 5.74) is 3.10. The molecule has 1 amide bonds. The van der Waals surface area contributed by atoms with E-state index in [1.165, 1.54) is 4.88 Å². The second-order valence-electron chi connectivity index (χ2n) is 7.95. The molecule has 2 heterocycles. The van der Waals surface area contributed by atoms with E-state index in [-0.39, 0.29) is 17.9 Å². The van der Waals surface area contributed by atoms with Crippen LogP contribution in [0.25, 0.3) is 0 Å². The monoisotopic (exact) mass is 384 g/mol. The van der Waals surface area contributed by atoms with Crippen LogP contribution in [0.1, 0.15) is 54.7 Å². The molecule has 27 heavy (non-hydrogen) atoms. The Kier molecular flexibility index (Phi) is 5.33. The van der Waals surface area contributed by atoms with Gasteiger partial charge in [0.25, 0.3) is 0 Å². The molecule has 2 fully saturated rings. The average molecular weight is 385 g/mol. The van der Waals surface area contributed by atoms with Crippen molar-refractivity contribution in [1.82, 2.24) is 9.88 Å². The fraction of sp³-hybridized carbons (Fsp3) is 0.545. The molecule has 1 aromatic carbocycles. The number of nitrogens with zero attached hydrogens (tertiary/aromatic N) is 2. The minimum Gasteiger partial charge on any atom is -0.385 e. The molecule has 3 atom stereocenters. The maximum atomic E-state index is 13.0. The molecule has 144 valence electrons. The van der Waals surface area contributed by atoms with E-state index in [1.54, 1.807) is 11.3 Å². The second kappa shape index (κ2) is 7.72. The van der Waals surface area contributed by atoms with Crippen LogP contribution in [0.2, 0.25) is 0 Å². The quantitative estimate of drug-likeness (QED) is 0.865. The van der Waals surface area contributed by atoms with Crippen LogP contribution in [0.3, 0.4) is 0 Å². The van der Waals surface area contributed by atoms with Gasteiger partial charge in [-0.2, -0.15) is 0 Å². The number of benzene rings is 1. The highest BCUT2D eigenvalue weighted by Crippen LogP contribution is 2.47. The van der Waals surface area contributed by atoms with Crippen molar-refractivity contribution in [3.63, 3.8) is 0 Å². The van der Waals surface area contributed by atoms with Gasteiger partial charge in [0, 0.05) is 29.8 Å². The van der Waals surface area contributed by atoms with Gasteiger partial charge in [-0.15, -0.1) is 11.3 Å². The van der Waals surface area contributed by atoms with Crippen LogP contribution in [0.15, 0.2) is 35.8 Å². The minimum absolute atomic E-state index is 0.136. The van der Waals surface area contributed by atoms with Crippen molar-refractivity contribution >= 4 is 17.2 Å². The lowest BCUT2D eigenvalue weighted by Crippen LogP contribution is -2.59. The maximum Gasteiger partial charge on any atom is 0.223 e. The van der Waals surface area contributed by atoms with Crippen molar-refractivity contribution in [2.24, 2.45) is 5.92 Å². The van der Waals surface area contributed by atoms with Crippen molar-refractivity contribution in [1.29, 1.82) is 0 Å². The number of likely N-dealkylation sites (tertiary alicyclic amines) is 1. The first-order valence-corrected chi connectivity index (χ1v) is 10.9. The summed E-state index contributed by atoms with van der Waals surface area (Å²) < 4.78 is 0. The lowest BCUT2D eigenvalue weighted by Gasteiger charge is -2.52. The number of aliphatic hydroxyl groups is 1. The molecule has 1 N–H and O–H groups in total. The largest absolute Gasteiger partial charge is 0.385 e. The second-order valence-corrected chi connectivity index (χ2v) is 8.89. The van der Waals surface area contributed by atoms with Crippen LogP contribution in [-0.2, 0) is 16.8 Å². The van der Waals surface area contributed by atoms with E-state index in [2.05, 4.69) is 9.88 Å². The molecule has 0 radical (unpaired) electrons. The number of hydrogen-bond acceptors (Lipinski definition) is 4. The van der Waals surface area contributed by atoms with Gasteiger partial charge in [-0.1, -0.05) is 43.2 Å². The van der Waals surface area contributed by atoms with Gasteiger partial charge in [0.1, 0.15) is 0 Å². The zero-order valence-electron chi connectivity index (χ0n) is 15.9. The number of piperidine rings is 1. The summed E-state index contributed by atoms with van der Waals surface area (Å²) in [6, 6.07) is 10.2. The summed E-state index contributed by atoms with van der Waals surface area (Å²) in [4.78, 5) is 20.6. The molecule has 2 aromatic rings. The third-order valence-corrected chi connectivity index (χ3v) is 7.48. The number of aryl methyl sites for hydroxylation is 2. The standard InChI is InChI=1S/C22H28N2O2S/c1-16-20(27-15-23-16)11-12-21(25)24-14-13-22(26,17-7-3-2-4-8-17)18-9-5-6-10-19(18)24/h2-4,7-8,15,18-19,26H,5-6,9-14H2,1H3/t18-,19+,22+/m0/s1. The molecule has 1 saturated heterocycles. The molecule has 4 nitrogen and oxygen atoms in total. The molecule has 0 unspecified atom stereocenters. The van der Waals surface area contributed by atoms with Crippen LogP contribution in [0.4, 0.5) is 0 Å². The van der Waals surface area contributed by atoms with Gasteiger partial charge in [-0.05, 0) is 38.2 Å². The van der Waals surface area contributed by atoms with E-state index in [1.807, 2.05) is 42.8 Å². The van der Waals surface area contributed by atoms with Gasteiger partial charge in [0.2, 0.25) is 5.91 Å². The third-order valence-electron chi connectivity index (χ3n) is 6.48. The third kappa shape index (κ3) is 3.55. The van der Waals surface area contributed by atoms with E-state index < -0.39 is 5.60 Å². The lowest BCUT2D eigenvalue weighted by atomic mass is 9.66. The molecule has 1 aliphatic heterocycles. The predicted molar refractivity (Wildman–Crippen MR) is 108 cm³/mol. The Morgan fingerprint density at radius 2 is 2.07 bits per heavy atom. The van der Waals surface area contributed by atoms with Gasteiger partial charge in [0.15, 0.2) is 0 Å². The van der Waals surface area contributed by atoms with Crippen molar-refractivity contribution < 1.29 is 9.90 Å². The van der Waals surface area contributed by atoms with E-state index in [9.17, 15) is 9.90 Å². The number of fused-ring (bicyclic) bond motifs is 1. The Morgan fingerprint density at radius 3 is 2.81 bits per heavy atom. The molecule has 1 aromatic heterocycles. The van der Waals surface area contributed by atoms with Crippen molar-refractivity contribution in [3.8, 4) is 0 Å². The Balaban J connectivity index is 1.51. The highest BCUT2D eigenvalue weighted by Gasteiger charge is 2.50. The number of amides is 1. The zero-order chi connectivity index (χ0) is 18.9. The van der Waals surface area contributed by atoms with Crippen LogP contribution in [0, 0.1) is 12.8 Å². The number of hydrogen-bond donors (Lipinski definition) is 1. The number of aromatic nitrogens is 1. The molecule has 0 spiro atoms. The summed E-state index contributed by atoms with van der Waals surface area (Å²) in [6.07, 6.45) is 6.22. The predicted octanol–water partition coefficient (Wildman–Crippen LogP) is 4.06. The summed E-state index contributed by atoms with van der Waals surface area (Å²) in [5, 5.41) is 11.6. The van der Waals surface area contributed by atoms with Crippen LogP contribution >= 0.6 is 11.3 Å². The molecule has 2 aliphatic rings. The SMILES string of the molecule is Cc1ncsc1CCC(=O)N1CC[C@@](O)(c2ccccc2)[C@H]2CCCC[C@H]21. The first-order chi connectivity index (χ1) is 13.1. The minimum atomic E-state index is -0.808. The molecular weight excluding hydrogens is 356 g/mol. The van der Waals surface area contributed by atoms with Gasteiger partial charge in [0.05, 0.1) is 16.8 Å². The number of carbonyl (C=O) groups excluding carboxylic acids is 1. The molecule has 1 saturated carbocycles. The van der Waals surface area contributed by atoms with E-state index in [0.29, 0.717) is 19.4 Å². The smallest absolute Gasteiger partial charge is 0.223 e. The first kappa shape index (κ1) is 18.6. The van der Waals surface area contributed by atoms with Gasteiger partial charge < -0.3 is 10.0 Å². The van der Waals surface area contributed by atoms with Gasteiger partial charge >= 0.3 is 0 Å². The Morgan fingerprint density at radius 1 is 1.30 bits per heavy atom. The highest BCUT2D eigenvalue weighted by molar-refractivity contribution is 7.09. The molecule has 4 rings (SSSR count). The molecule has 0 bridgehead atoms. The fourth-order valence-corrected chi connectivity index (χ4v) is 5.79. The summed E-state index contributed by atoms with van der Waals surface area (Å²) in [5.74, 6) is 0.367. The van der Waals surface area contributed by atoms with E-state index in [4.69, 9.17) is 0 Å². The Bertz CT molecular complexity index is 791. The Hall–Kier alpha value is -1.72. The highest BCUT2D eigenvalue weighted by atomic mass is 32.1. The van der Waals surface area contributed by atoms with Crippen LogP contribution in [-0.4, -0.2) is 33.5 Å². The van der Waals surface area contributed by atoms with Crippen molar-refractivity contribution in [2.45, 2.75) is 63.5 Å². The number of carbonyl (C=O) groups is 1. The number of rotatable bonds is 4. The van der Waals surface area contributed by atoms with Gasteiger partial charge in [-0.3, -0.25) is 4.79 Å². The lowest BCUT2D eigenvalue weighted by molar-refractivity contribution is -0.154. The molecular formula is C22H28N2O2S. The maximum absolute atomic E-state index is 13.0. The zero-order valence-corrected chi connectivity index (χ0v) is 16.8. The number of thiazole rings is 1. The Labute approximate surface area is 165 Å². The fourth-order valence-electron chi connectivity index (χ4n) is 5.01. The molecule has 5 heteroatoms. The summed E-state index contributed by atoms with van der Waals surface area (Å²) >= 11 is 1.64. The topological polar surface area (TPSA) is 53.4 Å². The van der Waals surface area contributed by atoms with Crippen molar-refractivity contribution in [3.05, 3.63) is 52.0 Å². The summed E-state index contributed by atoms with van der Waals surface area (Å²) in [7, 11) is 0. The normalized spacial score (nSPS) is 28.0. The molecule has 1 aliphatic carbocycles. The van der Waals surface area contributed by atoms with Gasteiger partial charge in [-0.25, -0.2) is 4.98 Å². The van der Waals surface area contributed by atoms with Crippen LogP contribution in [0.5, 0.6) is 0 Å². The van der Waals surface area contributed by atoms with Crippen molar-refractivity contribution in [2.75, 3.05) is 6.54 Å². The average Bonchev–Trinajstić information content (AvgIpc) is 3.12. The first-order valence-electron chi connectivity index (χ1n) is 10.1. The van der Waals surface area contributed by atoms with Crippen LogP contribution < -0.4 is 0 Å². The summed E-state index contributed by atoms with van der Waals surface area (Å²) in [6.45, 7) is 2.65. The van der Waals surface area contributed by atoms with E-state index >= 15 is 0 Å². The van der Waals surface area contributed by atoms with E-state index in [0.717, 1.165) is 43.4 Å².